The second-order valence-electron chi connectivity index (χ2n) is 8.16. The number of hydrogen-bond donors (Lipinski definition) is 1. The zero-order chi connectivity index (χ0) is 20.1. The van der Waals surface area contributed by atoms with Crippen LogP contribution in [-0.2, 0) is 11.3 Å². The van der Waals surface area contributed by atoms with Crippen molar-refractivity contribution in [1.29, 1.82) is 0 Å². The molecule has 0 spiro atoms. The summed E-state index contributed by atoms with van der Waals surface area (Å²) in [4.78, 5) is 17.5. The molecule has 1 amide bonds. The van der Waals surface area contributed by atoms with E-state index in [2.05, 4.69) is 42.2 Å². The number of carbonyl (C=O) groups excluding carboxylic acids is 1. The van der Waals surface area contributed by atoms with Crippen LogP contribution in [0.5, 0.6) is 0 Å². The molecule has 0 saturated carbocycles. The largest absolute Gasteiger partial charge is 0.342 e. The molecule has 30 heavy (non-hydrogen) atoms. The van der Waals surface area contributed by atoms with Gasteiger partial charge in [-0.3, -0.25) is 9.69 Å². The van der Waals surface area contributed by atoms with Gasteiger partial charge in [-0.2, -0.15) is 0 Å². The van der Waals surface area contributed by atoms with Crippen molar-refractivity contribution in [2.45, 2.75) is 51.4 Å². The van der Waals surface area contributed by atoms with Crippen LogP contribution in [0.2, 0.25) is 0 Å². The number of carbonyl (C=O) groups is 1. The number of piperidine rings is 1. The van der Waals surface area contributed by atoms with Gasteiger partial charge in [-0.15, -0.1) is 24.8 Å². The van der Waals surface area contributed by atoms with E-state index in [4.69, 9.17) is 5.73 Å². The summed E-state index contributed by atoms with van der Waals surface area (Å²) in [5.41, 5.74) is 8.75. The summed E-state index contributed by atoms with van der Waals surface area (Å²) in [7, 11) is 1.95. The molecule has 1 heterocycles. The fourth-order valence-electron chi connectivity index (χ4n) is 4.22. The third kappa shape index (κ3) is 6.45. The standard InChI is InChI=1S/C24H33N3O.2ClH/c1-18-16-22(14-15-27(18)17-20-10-6-4-7-11-20)26(3)24(28)19(2)23(25)21-12-8-5-9-13-21;;/h4-13,18-19,22-23H,14-17,25H2,1-3H3;2*1H. The SMILES string of the molecule is CC(C(=O)N(C)C1CCN(Cc2ccccc2)C(C)C1)C(N)c1ccccc1.Cl.Cl. The van der Waals surface area contributed by atoms with E-state index in [0.29, 0.717) is 6.04 Å². The molecule has 1 aliphatic heterocycles. The second-order valence-corrected chi connectivity index (χ2v) is 8.16. The number of rotatable bonds is 6. The van der Waals surface area contributed by atoms with Gasteiger partial charge in [0.1, 0.15) is 0 Å². The Kier molecular flexibility index (Phi) is 10.9. The quantitative estimate of drug-likeness (QED) is 0.693. The molecule has 4 atom stereocenters. The highest BCUT2D eigenvalue weighted by atomic mass is 35.5. The number of likely N-dealkylation sites (tertiary alicyclic amines) is 1. The Morgan fingerprint density at radius 2 is 1.67 bits per heavy atom. The zero-order valence-corrected chi connectivity index (χ0v) is 19.7. The normalized spacial score (nSPS) is 20.9. The number of nitrogens with two attached hydrogens (primary N) is 1. The maximum atomic E-state index is 13.1. The highest BCUT2D eigenvalue weighted by molar-refractivity contribution is 5.85. The van der Waals surface area contributed by atoms with Crippen molar-refractivity contribution in [2.24, 2.45) is 11.7 Å². The number of nitrogens with zero attached hydrogens (tertiary/aromatic N) is 2. The lowest BCUT2D eigenvalue weighted by molar-refractivity contribution is -0.137. The molecule has 2 aromatic rings. The summed E-state index contributed by atoms with van der Waals surface area (Å²) in [6, 6.07) is 21.0. The van der Waals surface area contributed by atoms with E-state index in [1.807, 2.05) is 49.2 Å². The molecule has 1 fully saturated rings. The van der Waals surface area contributed by atoms with Crippen molar-refractivity contribution in [3.63, 3.8) is 0 Å². The molecule has 6 heteroatoms. The van der Waals surface area contributed by atoms with E-state index in [1.54, 1.807) is 0 Å². The first-order chi connectivity index (χ1) is 13.5. The lowest BCUT2D eigenvalue weighted by atomic mass is 9.91. The molecule has 166 valence electrons. The second kappa shape index (κ2) is 12.3. The Morgan fingerprint density at radius 1 is 1.10 bits per heavy atom. The first-order valence-corrected chi connectivity index (χ1v) is 10.3. The maximum absolute atomic E-state index is 13.1. The molecule has 1 aliphatic rings. The summed E-state index contributed by atoms with van der Waals surface area (Å²) in [5, 5.41) is 0. The van der Waals surface area contributed by atoms with Crippen molar-refractivity contribution in [2.75, 3.05) is 13.6 Å². The minimum atomic E-state index is -0.272. The van der Waals surface area contributed by atoms with Crippen LogP contribution in [-0.4, -0.2) is 41.4 Å². The first kappa shape index (κ1) is 26.4. The number of benzene rings is 2. The topological polar surface area (TPSA) is 49.6 Å². The van der Waals surface area contributed by atoms with Crippen molar-refractivity contribution < 1.29 is 4.79 Å². The van der Waals surface area contributed by atoms with Crippen LogP contribution < -0.4 is 5.73 Å². The number of halogens is 2. The molecule has 3 rings (SSSR count). The molecular formula is C24H35Cl2N3O. The Bertz CT molecular complexity index is 760. The van der Waals surface area contributed by atoms with Crippen LogP contribution >= 0.6 is 24.8 Å². The Hall–Kier alpha value is -1.59. The van der Waals surface area contributed by atoms with Gasteiger partial charge in [0, 0.05) is 38.3 Å². The van der Waals surface area contributed by atoms with Crippen molar-refractivity contribution >= 4 is 30.7 Å². The van der Waals surface area contributed by atoms with Crippen molar-refractivity contribution in [3.8, 4) is 0 Å². The first-order valence-electron chi connectivity index (χ1n) is 10.3. The maximum Gasteiger partial charge on any atom is 0.227 e. The summed E-state index contributed by atoms with van der Waals surface area (Å²) in [6.07, 6.45) is 2.01. The molecule has 2 N–H and O–H groups in total. The predicted molar refractivity (Wildman–Crippen MR) is 129 cm³/mol. The minimum Gasteiger partial charge on any atom is -0.342 e. The molecular weight excluding hydrogens is 417 g/mol. The Labute approximate surface area is 193 Å². The van der Waals surface area contributed by atoms with Crippen LogP contribution in [0.3, 0.4) is 0 Å². The Balaban J connectivity index is 0.00000225. The van der Waals surface area contributed by atoms with Crippen LogP contribution in [0.25, 0.3) is 0 Å². The monoisotopic (exact) mass is 451 g/mol. The van der Waals surface area contributed by atoms with Gasteiger partial charge >= 0.3 is 0 Å². The van der Waals surface area contributed by atoms with Crippen LogP contribution in [0.4, 0.5) is 0 Å². The molecule has 0 radical (unpaired) electrons. The lowest BCUT2D eigenvalue weighted by Crippen LogP contribution is -2.50. The molecule has 0 bridgehead atoms. The van der Waals surface area contributed by atoms with E-state index in [-0.39, 0.29) is 48.7 Å². The zero-order valence-electron chi connectivity index (χ0n) is 18.1. The van der Waals surface area contributed by atoms with Gasteiger partial charge in [-0.25, -0.2) is 0 Å². The van der Waals surface area contributed by atoms with Gasteiger partial charge in [0.25, 0.3) is 0 Å². The van der Waals surface area contributed by atoms with E-state index in [9.17, 15) is 4.79 Å². The van der Waals surface area contributed by atoms with Gasteiger partial charge in [-0.1, -0.05) is 67.6 Å². The summed E-state index contributed by atoms with van der Waals surface area (Å²) < 4.78 is 0. The van der Waals surface area contributed by atoms with E-state index >= 15 is 0 Å². The van der Waals surface area contributed by atoms with E-state index in [0.717, 1.165) is 31.5 Å². The lowest BCUT2D eigenvalue weighted by Gasteiger charge is -2.42. The van der Waals surface area contributed by atoms with Crippen LogP contribution in [0.15, 0.2) is 60.7 Å². The van der Waals surface area contributed by atoms with Crippen LogP contribution in [0.1, 0.15) is 43.9 Å². The summed E-state index contributed by atoms with van der Waals surface area (Å²) in [6.45, 7) is 6.20. The summed E-state index contributed by atoms with van der Waals surface area (Å²) >= 11 is 0. The third-order valence-corrected chi connectivity index (χ3v) is 6.22. The van der Waals surface area contributed by atoms with Gasteiger partial charge < -0.3 is 10.6 Å². The minimum absolute atomic E-state index is 0. The van der Waals surface area contributed by atoms with Gasteiger partial charge in [0.15, 0.2) is 0 Å². The van der Waals surface area contributed by atoms with Crippen molar-refractivity contribution in [3.05, 3.63) is 71.8 Å². The average Bonchev–Trinajstić information content (AvgIpc) is 2.74. The average molecular weight is 452 g/mol. The molecule has 4 unspecified atom stereocenters. The third-order valence-electron chi connectivity index (χ3n) is 6.22. The highest BCUT2D eigenvalue weighted by Gasteiger charge is 2.33. The van der Waals surface area contributed by atoms with E-state index < -0.39 is 0 Å². The van der Waals surface area contributed by atoms with Gasteiger partial charge in [0.2, 0.25) is 5.91 Å². The number of amides is 1. The Morgan fingerprint density at radius 3 is 2.23 bits per heavy atom. The van der Waals surface area contributed by atoms with Crippen molar-refractivity contribution in [1.82, 2.24) is 9.80 Å². The molecule has 0 aromatic heterocycles. The molecule has 4 nitrogen and oxygen atoms in total. The van der Waals surface area contributed by atoms with Gasteiger partial charge in [-0.05, 0) is 30.9 Å². The highest BCUT2D eigenvalue weighted by Crippen LogP contribution is 2.26. The van der Waals surface area contributed by atoms with Gasteiger partial charge in [0.05, 0.1) is 5.92 Å². The summed E-state index contributed by atoms with van der Waals surface area (Å²) in [5.74, 6) is -0.0879. The fraction of sp³-hybridized carbons (Fsp3) is 0.458. The smallest absolute Gasteiger partial charge is 0.227 e. The number of hydrogen-bond acceptors (Lipinski definition) is 3. The van der Waals surface area contributed by atoms with Crippen LogP contribution in [0, 0.1) is 5.92 Å². The fourth-order valence-corrected chi connectivity index (χ4v) is 4.22. The predicted octanol–water partition coefficient (Wildman–Crippen LogP) is 4.68. The molecule has 2 aromatic carbocycles. The molecule has 1 saturated heterocycles. The van der Waals surface area contributed by atoms with E-state index in [1.165, 1.54) is 5.56 Å². The molecule has 0 aliphatic carbocycles.